The molecule has 0 radical (unpaired) electrons. The summed E-state index contributed by atoms with van der Waals surface area (Å²) in [6, 6.07) is 9.89. The molecule has 0 aromatic heterocycles. The van der Waals surface area contributed by atoms with Crippen LogP contribution in [0, 0.1) is 0 Å². The number of carbonyl (C=O) groups excluding carboxylic acids is 1. The van der Waals surface area contributed by atoms with Gasteiger partial charge in [0.1, 0.15) is 0 Å². The molecule has 0 aliphatic carbocycles. The van der Waals surface area contributed by atoms with Gasteiger partial charge in [0.15, 0.2) is 0 Å². The Morgan fingerprint density at radius 3 is 2.47 bits per heavy atom. The Bertz CT molecular complexity index is 379. The van der Waals surface area contributed by atoms with Gasteiger partial charge in [-0.05, 0) is 32.3 Å². The summed E-state index contributed by atoms with van der Waals surface area (Å²) in [5.74, 6) is 0. The van der Waals surface area contributed by atoms with Gasteiger partial charge in [-0.25, -0.2) is 4.79 Å². The molecule has 4 heteroatoms. The Kier molecular flexibility index (Phi) is 6.36. The van der Waals surface area contributed by atoms with Crippen LogP contribution in [0.2, 0.25) is 0 Å². The Morgan fingerprint density at radius 1 is 1.32 bits per heavy atom. The third-order valence-corrected chi connectivity index (χ3v) is 3.25. The molecule has 0 saturated carbocycles. The zero-order valence-electron chi connectivity index (χ0n) is 12.0. The van der Waals surface area contributed by atoms with Crippen LogP contribution in [0.3, 0.4) is 0 Å². The molecule has 2 N–H and O–H groups in total. The lowest BCUT2D eigenvalue weighted by Gasteiger charge is -2.26. The molecule has 0 spiro atoms. The molecule has 2 amide bonds. The van der Waals surface area contributed by atoms with Gasteiger partial charge in [0, 0.05) is 19.7 Å². The minimum atomic E-state index is -0.0817. The predicted octanol–water partition coefficient (Wildman–Crippen LogP) is 2.55. The van der Waals surface area contributed by atoms with E-state index < -0.39 is 0 Å². The van der Waals surface area contributed by atoms with Gasteiger partial charge in [-0.2, -0.15) is 0 Å². The molecule has 4 nitrogen and oxygen atoms in total. The zero-order valence-corrected chi connectivity index (χ0v) is 12.0. The number of aliphatic hydroxyl groups excluding tert-OH is 1. The van der Waals surface area contributed by atoms with Crippen molar-refractivity contribution in [3.8, 4) is 0 Å². The van der Waals surface area contributed by atoms with Crippen LogP contribution in [0.25, 0.3) is 0 Å². The number of rotatable bonds is 6. The van der Waals surface area contributed by atoms with Crippen molar-refractivity contribution in [2.24, 2.45) is 0 Å². The average molecular weight is 264 g/mol. The molecule has 1 unspecified atom stereocenters. The van der Waals surface area contributed by atoms with E-state index in [-0.39, 0.29) is 24.7 Å². The highest BCUT2D eigenvalue weighted by Gasteiger charge is 2.18. The number of urea groups is 1. The predicted molar refractivity (Wildman–Crippen MR) is 76.9 cm³/mol. The highest BCUT2D eigenvalue weighted by molar-refractivity contribution is 5.74. The average Bonchev–Trinajstić information content (AvgIpc) is 2.43. The van der Waals surface area contributed by atoms with Crippen molar-refractivity contribution in [1.82, 2.24) is 10.2 Å². The van der Waals surface area contributed by atoms with E-state index >= 15 is 0 Å². The van der Waals surface area contributed by atoms with Crippen LogP contribution >= 0.6 is 0 Å². The zero-order chi connectivity index (χ0) is 14.3. The van der Waals surface area contributed by atoms with E-state index in [1.54, 1.807) is 11.9 Å². The minimum Gasteiger partial charge on any atom is -0.396 e. The maximum atomic E-state index is 12.1. The lowest BCUT2D eigenvalue weighted by Crippen LogP contribution is -2.42. The number of hydrogen-bond donors (Lipinski definition) is 2. The highest BCUT2D eigenvalue weighted by Crippen LogP contribution is 2.18. The summed E-state index contributed by atoms with van der Waals surface area (Å²) in [5.41, 5.74) is 1.07. The first kappa shape index (κ1) is 15.5. The normalized spacial score (nSPS) is 12.3. The van der Waals surface area contributed by atoms with Gasteiger partial charge in [0.25, 0.3) is 0 Å². The SMILES string of the molecule is CC(C)N(C)C(=O)NC(CCCO)c1ccccc1. The smallest absolute Gasteiger partial charge is 0.317 e. The van der Waals surface area contributed by atoms with Crippen LogP contribution in [-0.4, -0.2) is 35.7 Å². The van der Waals surface area contributed by atoms with E-state index in [1.165, 1.54) is 0 Å². The largest absolute Gasteiger partial charge is 0.396 e. The van der Waals surface area contributed by atoms with Crippen LogP contribution in [0.15, 0.2) is 30.3 Å². The molecule has 0 saturated heterocycles. The molecule has 19 heavy (non-hydrogen) atoms. The van der Waals surface area contributed by atoms with E-state index in [1.807, 2.05) is 44.2 Å². The maximum absolute atomic E-state index is 12.1. The molecule has 0 fully saturated rings. The third kappa shape index (κ3) is 4.91. The number of carbonyl (C=O) groups is 1. The lowest BCUT2D eigenvalue weighted by atomic mass is 10.0. The van der Waals surface area contributed by atoms with Crippen molar-refractivity contribution >= 4 is 6.03 Å². The first-order chi connectivity index (χ1) is 9.06. The number of hydrogen-bond acceptors (Lipinski definition) is 2. The fraction of sp³-hybridized carbons (Fsp3) is 0.533. The second-order valence-corrected chi connectivity index (χ2v) is 4.98. The van der Waals surface area contributed by atoms with Gasteiger partial charge in [-0.1, -0.05) is 30.3 Å². The van der Waals surface area contributed by atoms with Crippen molar-refractivity contribution in [1.29, 1.82) is 0 Å². The lowest BCUT2D eigenvalue weighted by molar-refractivity contribution is 0.191. The molecule has 0 bridgehead atoms. The molecule has 0 aliphatic heterocycles. The number of nitrogens with one attached hydrogen (secondary N) is 1. The second-order valence-electron chi connectivity index (χ2n) is 4.98. The monoisotopic (exact) mass is 264 g/mol. The molecular formula is C15H24N2O2. The van der Waals surface area contributed by atoms with Crippen molar-refractivity contribution in [2.45, 2.75) is 38.8 Å². The van der Waals surface area contributed by atoms with Crippen LogP contribution in [0.5, 0.6) is 0 Å². The van der Waals surface area contributed by atoms with E-state index in [2.05, 4.69) is 5.32 Å². The second kappa shape index (κ2) is 7.79. The fourth-order valence-corrected chi connectivity index (χ4v) is 1.79. The Labute approximate surface area is 115 Å². The van der Waals surface area contributed by atoms with Crippen LogP contribution in [-0.2, 0) is 0 Å². The first-order valence-corrected chi connectivity index (χ1v) is 6.75. The molecule has 106 valence electrons. The highest BCUT2D eigenvalue weighted by atomic mass is 16.3. The van der Waals surface area contributed by atoms with Gasteiger partial charge < -0.3 is 15.3 Å². The number of aliphatic hydroxyl groups is 1. The Balaban J connectivity index is 2.73. The Hall–Kier alpha value is -1.55. The summed E-state index contributed by atoms with van der Waals surface area (Å²) in [6.07, 6.45) is 1.41. The summed E-state index contributed by atoms with van der Waals surface area (Å²) in [6.45, 7) is 4.09. The number of nitrogens with zero attached hydrogens (tertiary/aromatic N) is 1. The number of amides is 2. The Morgan fingerprint density at radius 2 is 1.95 bits per heavy atom. The summed E-state index contributed by atoms with van der Waals surface area (Å²) < 4.78 is 0. The molecule has 1 atom stereocenters. The van der Waals surface area contributed by atoms with Gasteiger partial charge >= 0.3 is 6.03 Å². The number of benzene rings is 1. The molecule has 1 aromatic rings. The van der Waals surface area contributed by atoms with Gasteiger partial charge in [-0.15, -0.1) is 0 Å². The van der Waals surface area contributed by atoms with E-state index in [0.717, 1.165) is 12.0 Å². The quantitative estimate of drug-likeness (QED) is 0.829. The maximum Gasteiger partial charge on any atom is 0.317 e. The standard InChI is InChI=1S/C15H24N2O2/c1-12(2)17(3)15(19)16-14(10-7-11-18)13-8-5-4-6-9-13/h4-6,8-9,12,14,18H,7,10-11H2,1-3H3,(H,16,19). The van der Waals surface area contributed by atoms with Gasteiger partial charge in [0.2, 0.25) is 0 Å². The summed E-state index contributed by atoms with van der Waals surface area (Å²) in [4.78, 5) is 13.8. The van der Waals surface area contributed by atoms with E-state index in [4.69, 9.17) is 5.11 Å². The first-order valence-electron chi connectivity index (χ1n) is 6.75. The molecule has 1 rings (SSSR count). The topological polar surface area (TPSA) is 52.6 Å². The fourth-order valence-electron chi connectivity index (χ4n) is 1.79. The minimum absolute atomic E-state index is 0.0537. The van der Waals surface area contributed by atoms with Crippen molar-refractivity contribution in [3.63, 3.8) is 0 Å². The van der Waals surface area contributed by atoms with Gasteiger partial charge in [0.05, 0.1) is 6.04 Å². The van der Waals surface area contributed by atoms with E-state index in [9.17, 15) is 4.79 Å². The summed E-state index contributed by atoms with van der Waals surface area (Å²) in [7, 11) is 1.79. The molecule has 0 aliphatic rings. The van der Waals surface area contributed by atoms with Crippen molar-refractivity contribution in [3.05, 3.63) is 35.9 Å². The molecule has 0 heterocycles. The summed E-state index contributed by atoms with van der Waals surface area (Å²) >= 11 is 0. The third-order valence-electron chi connectivity index (χ3n) is 3.25. The van der Waals surface area contributed by atoms with Crippen LogP contribution < -0.4 is 5.32 Å². The summed E-state index contributed by atoms with van der Waals surface area (Å²) in [5, 5.41) is 12.0. The van der Waals surface area contributed by atoms with Gasteiger partial charge in [-0.3, -0.25) is 0 Å². The van der Waals surface area contributed by atoms with Crippen LogP contribution in [0.1, 0.15) is 38.3 Å². The van der Waals surface area contributed by atoms with Crippen molar-refractivity contribution < 1.29 is 9.90 Å². The molecule has 1 aromatic carbocycles. The molecular weight excluding hydrogens is 240 g/mol. The van der Waals surface area contributed by atoms with E-state index in [0.29, 0.717) is 6.42 Å². The van der Waals surface area contributed by atoms with Crippen molar-refractivity contribution in [2.75, 3.05) is 13.7 Å². The van der Waals surface area contributed by atoms with Crippen LogP contribution in [0.4, 0.5) is 4.79 Å².